The molecule has 0 aliphatic heterocycles. The fraction of sp³-hybridized carbons (Fsp3) is 0.571. The zero-order valence-electron chi connectivity index (χ0n) is 10.9. The highest BCUT2D eigenvalue weighted by Gasteiger charge is 2.31. The molecular formula is C14H22N2O. The van der Waals surface area contributed by atoms with E-state index in [1.165, 1.54) is 5.56 Å². The van der Waals surface area contributed by atoms with Crippen LogP contribution < -0.4 is 16.2 Å². The lowest BCUT2D eigenvalue weighted by atomic mass is 9.74. The van der Waals surface area contributed by atoms with Gasteiger partial charge in [-0.1, -0.05) is 12.1 Å². The van der Waals surface area contributed by atoms with Gasteiger partial charge in [-0.3, -0.25) is 0 Å². The minimum Gasteiger partial charge on any atom is -0.496 e. The first kappa shape index (κ1) is 12.4. The van der Waals surface area contributed by atoms with Gasteiger partial charge in [0.1, 0.15) is 5.75 Å². The lowest BCUT2D eigenvalue weighted by Gasteiger charge is -2.37. The average molecular weight is 234 g/mol. The van der Waals surface area contributed by atoms with Crippen molar-refractivity contribution in [3.05, 3.63) is 28.8 Å². The molecule has 17 heavy (non-hydrogen) atoms. The summed E-state index contributed by atoms with van der Waals surface area (Å²) >= 11 is 0. The number of ether oxygens (including phenoxy) is 1. The van der Waals surface area contributed by atoms with Crippen molar-refractivity contribution in [2.75, 3.05) is 7.11 Å². The lowest BCUT2D eigenvalue weighted by Crippen LogP contribution is -2.41. The van der Waals surface area contributed by atoms with E-state index in [1.807, 2.05) is 0 Å². The first-order chi connectivity index (χ1) is 8.02. The van der Waals surface area contributed by atoms with Crippen molar-refractivity contribution in [2.45, 2.75) is 38.8 Å². The number of nitrogens with two attached hydrogens (primary N) is 2. The molecule has 0 heterocycles. The second kappa shape index (κ2) is 4.67. The largest absolute Gasteiger partial charge is 0.496 e. The van der Waals surface area contributed by atoms with E-state index in [2.05, 4.69) is 26.0 Å². The molecular weight excluding hydrogens is 212 g/mol. The van der Waals surface area contributed by atoms with Gasteiger partial charge in [0.25, 0.3) is 0 Å². The number of benzene rings is 1. The third-order valence-corrected chi connectivity index (χ3v) is 3.79. The van der Waals surface area contributed by atoms with Crippen molar-refractivity contribution in [3.63, 3.8) is 0 Å². The predicted molar refractivity (Wildman–Crippen MR) is 70.1 cm³/mol. The second-order valence-electron chi connectivity index (χ2n) is 5.21. The van der Waals surface area contributed by atoms with E-state index in [-0.39, 0.29) is 6.04 Å². The summed E-state index contributed by atoms with van der Waals surface area (Å²) < 4.78 is 5.37. The highest BCUT2D eigenvalue weighted by Crippen LogP contribution is 2.37. The van der Waals surface area contributed by atoms with E-state index in [1.54, 1.807) is 7.11 Å². The van der Waals surface area contributed by atoms with E-state index in [0.29, 0.717) is 12.0 Å². The van der Waals surface area contributed by atoms with Gasteiger partial charge < -0.3 is 16.2 Å². The van der Waals surface area contributed by atoms with Crippen LogP contribution in [0.5, 0.6) is 5.75 Å². The summed E-state index contributed by atoms with van der Waals surface area (Å²) in [6.45, 7) is 4.13. The Balaban J connectivity index is 2.21. The van der Waals surface area contributed by atoms with Gasteiger partial charge in [-0.05, 0) is 49.3 Å². The Labute approximate surface area is 103 Å². The Morgan fingerprint density at radius 1 is 1.24 bits per heavy atom. The molecule has 1 atom stereocenters. The third kappa shape index (κ3) is 2.31. The van der Waals surface area contributed by atoms with Crippen LogP contribution in [0.2, 0.25) is 0 Å². The van der Waals surface area contributed by atoms with Crippen molar-refractivity contribution in [1.82, 2.24) is 0 Å². The van der Waals surface area contributed by atoms with E-state index in [9.17, 15) is 0 Å². The Morgan fingerprint density at radius 3 is 2.18 bits per heavy atom. The summed E-state index contributed by atoms with van der Waals surface area (Å²) in [5.74, 6) is 1.50. The molecule has 0 spiro atoms. The molecule has 1 aliphatic carbocycles. The summed E-state index contributed by atoms with van der Waals surface area (Å²) in [5.41, 5.74) is 15.6. The van der Waals surface area contributed by atoms with Crippen LogP contribution in [0.1, 0.15) is 35.6 Å². The highest BCUT2D eigenvalue weighted by molar-refractivity contribution is 5.44. The Kier molecular flexibility index (Phi) is 3.40. The van der Waals surface area contributed by atoms with Crippen molar-refractivity contribution in [2.24, 2.45) is 17.4 Å². The Bertz CT molecular complexity index is 388. The van der Waals surface area contributed by atoms with E-state index in [4.69, 9.17) is 16.2 Å². The quantitative estimate of drug-likeness (QED) is 0.841. The summed E-state index contributed by atoms with van der Waals surface area (Å²) in [6, 6.07) is 4.74. The monoisotopic (exact) mass is 234 g/mol. The molecule has 3 nitrogen and oxygen atoms in total. The molecule has 1 aromatic rings. The van der Waals surface area contributed by atoms with Gasteiger partial charge in [0.15, 0.2) is 0 Å². The maximum Gasteiger partial charge on any atom is 0.124 e. The average Bonchev–Trinajstić information content (AvgIpc) is 2.23. The zero-order chi connectivity index (χ0) is 12.6. The first-order valence-electron chi connectivity index (χ1n) is 6.19. The maximum absolute atomic E-state index is 6.30. The SMILES string of the molecule is COc1c(C)cc(C(N)C2CC(N)C2)cc1C. The molecule has 0 saturated heterocycles. The molecule has 1 saturated carbocycles. The van der Waals surface area contributed by atoms with Gasteiger partial charge in [0.05, 0.1) is 7.11 Å². The van der Waals surface area contributed by atoms with Crippen molar-refractivity contribution in [1.29, 1.82) is 0 Å². The van der Waals surface area contributed by atoms with Gasteiger partial charge in [0.2, 0.25) is 0 Å². The maximum atomic E-state index is 6.30. The Morgan fingerprint density at radius 2 is 1.76 bits per heavy atom. The van der Waals surface area contributed by atoms with Crippen LogP contribution in [0.25, 0.3) is 0 Å². The molecule has 0 aromatic heterocycles. The standard InChI is InChI=1S/C14H22N2O/c1-8-4-10(5-9(2)14(8)17-3)13(16)11-6-12(15)7-11/h4-5,11-13H,6-7,15-16H2,1-3H3. The molecule has 1 aromatic carbocycles. The molecule has 3 heteroatoms. The van der Waals surface area contributed by atoms with Crippen LogP contribution in [-0.4, -0.2) is 13.2 Å². The second-order valence-corrected chi connectivity index (χ2v) is 5.21. The number of hydrogen-bond acceptors (Lipinski definition) is 3. The van der Waals surface area contributed by atoms with Crippen LogP contribution in [-0.2, 0) is 0 Å². The molecule has 94 valence electrons. The summed E-state index contributed by atoms with van der Waals surface area (Å²) in [5, 5.41) is 0. The fourth-order valence-corrected chi connectivity index (χ4v) is 2.77. The molecule has 0 bridgehead atoms. The smallest absolute Gasteiger partial charge is 0.124 e. The van der Waals surface area contributed by atoms with Crippen LogP contribution in [0.15, 0.2) is 12.1 Å². The topological polar surface area (TPSA) is 61.3 Å². The lowest BCUT2D eigenvalue weighted by molar-refractivity contribution is 0.224. The Hall–Kier alpha value is -1.06. The van der Waals surface area contributed by atoms with Gasteiger partial charge in [0, 0.05) is 12.1 Å². The summed E-state index contributed by atoms with van der Waals surface area (Å²) in [6.07, 6.45) is 2.09. The van der Waals surface area contributed by atoms with E-state index >= 15 is 0 Å². The minimum atomic E-state index is 0.109. The van der Waals surface area contributed by atoms with Gasteiger partial charge in [-0.2, -0.15) is 0 Å². The molecule has 0 radical (unpaired) electrons. The summed E-state index contributed by atoms with van der Waals surface area (Å²) in [4.78, 5) is 0. The van der Waals surface area contributed by atoms with Crippen LogP contribution in [0.4, 0.5) is 0 Å². The third-order valence-electron chi connectivity index (χ3n) is 3.79. The number of rotatable bonds is 3. The number of methoxy groups -OCH3 is 1. The van der Waals surface area contributed by atoms with E-state index in [0.717, 1.165) is 29.7 Å². The molecule has 1 aliphatic rings. The highest BCUT2D eigenvalue weighted by atomic mass is 16.5. The van der Waals surface area contributed by atoms with Crippen LogP contribution in [0, 0.1) is 19.8 Å². The van der Waals surface area contributed by atoms with Crippen molar-refractivity contribution >= 4 is 0 Å². The normalized spacial score (nSPS) is 25.2. The number of hydrogen-bond donors (Lipinski definition) is 2. The fourth-order valence-electron chi connectivity index (χ4n) is 2.77. The van der Waals surface area contributed by atoms with E-state index < -0.39 is 0 Å². The van der Waals surface area contributed by atoms with Crippen LogP contribution >= 0.6 is 0 Å². The molecule has 4 N–H and O–H groups in total. The zero-order valence-corrected chi connectivity index (χ0v) is 10.9. The summed E-state index contributed by atoms with van der Waals surface area (Å²) in [7, 11) is 1.71. The molecule has 2 rings (SSSR count). The molecule has 0 amide bonds. The van der Waals surface area contributed by atoms with Crippen LogP contribution in [0.3, 0.4) is 0 Å². The minimum absolute atomic E-state index is 0.109. The molecule has 1 unspecified atom stereocenters. The van der Waals surface area contributed by atoms with Crippen molar-refractivity contribution < 1.29 is 4.74 Å². The molecule has 1 fully saturated rings. The first-order valence-corrected chi connectivity index (χ1v) is 6.19. The van der Waals surface area contributed by atoms with Gasteiger partial charge in [-0.25, -0.2) is 0 Å². The number of aryl methyl sites for hydroxylation is 2. The predicted octanol–water partition coefficient (Wildman–Crippen LogP) is 2.05. The van der Waals surface area contributed by atoms with Crippen molar-refractivity contribution in [3.8, 4) is 5.75 Å². The van der Waals surface area contributed by atoms with Gasteiger partial charge in [-0.15, -0.1) is 0 Å². The van der Waals surface area contributed by atoms with Gasteiger partial charge >= 0.3 is 0 Å².